The zero-order valence-corrected chi connectivity index (χ0v) is 34.8. The summed E-state index contributed by atoms with van der Waals surface area (Å²) in [4.78, 5) is 2.59. The fourth-order valence-electron chi connectivity index (χ4n) is 10.9. The Labute approximate surface area is 344 Å². The van der Waals surface area contributed by atoms with Gasteiger partial charge in [-0.3, -0.25) is 0 Å². The Hall–Kier alpha value is -5.78. The molecule has 9 aromatic rings. The Kier molecular flexibility index (Phi) is 6.90. The molecule has 0 fully saturated rings. The lowest BCUT2D eigenvalue weighted by Gasteiger charge is -2.46. The van der Waals surface area contributed by atoms with Gasteiger partial charge in [-0.05, 0) is 105 Å². The Balaban J connectivity index is 1.18. The van der Waals surface area contributed by atoms with Gasteiger partial charge in [-0.1, -0.05) is 126 Å². The highest BCUT2D eigenvalue weighted by Gasteiger charge is 2.42. The van der Waals surface area contributed by atoms with E-state index in [9.17, 15) is 0 Å². The average Bonchev–Trinajstić information content (AvgIpc) is 3.78. The maximum absolute atomic E-state index is 6.73. The molecule has 0 spiro atoms. The summed E-state index contributed by atoms with van der Waals surface area (Å²) in [5.41, 5.74) is 18.9. The van der Waals surface area contributed by atoms with Gasteiger partial charge in [0.05, 0.1) is 5.69 Å². The molecular formula is C53H45BN2OS. The topological polar surface area (TPSA) is 28.4 Å². The molecule has 0 saturated carbocycles. The van der Waals surface area contributed by atoms with Gasteiger partial charge < -0.3 is 14.6 Å². The van der Waals surface area contributed by atoms with Crippen molar-refractivity contribution in [2.24, 2.45) is 0 Å². The summed E-state index contributed by atoms with van der Waals surface area (Å²) in [5.74, 6) is 0. The highest BCUT2D eigenvalue weighted by Crippen LogP contribution is 2.55. The second kappa shape index (κ2) is 11.7. The van der Waals surface area contributed by atoms with Crippen LogP contribution >= 0.6 is 11.3 Å². The highest BCUT2D eigenvalue weighted by molar-refractivity contribution is 7.26. The van der Waals surface area contributed by atoms with Crippen molar-refractivity contribution in [1.29, 1.82) is 0 Å². The van der Waals surface area contributed by atoms with Gasteiger partial charge in [0.25, 0.3) is 0 Å². The van der Waals surface area contributed by atoms with Crippen molar-refractivity contribution in [3.05, 3.63) is 150 Å². The van der Waals surface area contributed by atoms with E-state index >= 15 is 0 Å². The third kappa shape index (κ3) is 4.68. The zero-order valence-electron chi connectivity index (χ0n) is 34.0. The van der Waals surface area contributed by atoms with Crippen LogP contribution in [0.25, 0.3) is 53.2 Å². The second-order valence-corrected chi connectivity index (χ2v) is 19.9. The highest BCUT2D eigenvalue weighted by atomic mass is 32.1. The molecule has 0 amide bonds. The van der Waals surface area contributed by atoms with Crippen LogP contribution in [0.3, 0.4) is 0 Å². The summed E-state index contributed by atoms with van der Waals surface area (Å²) in [7, 11) is 0.836. The number of rotatable bonds is 3. The van der Waals surface area contributed by atoms with Crippen molar-refractivity contribution in [1.82, 2.24) is 0 Å². The number of nitrogens with zero attached hydrogens (tertiary/aromatic N) is 1. The monoisotopic (exact) mass is 768 g/mol. The zero-order chi connectivity index (χ0) is 39.3. The van der Waals surface area contributed by atoms with Crippen molar-refractivity contribution in [2.45, 2.75) is 70.6 Å². The summed E-state index contributed by atoms with van der Waals surface area (Å²) in [5, 5.41) is 8.96. The predicted octanol–water partition coefficient (Wildman–Crippen LogP) is 13.5. The minimum Gasteiger partial charge on any atom is -0.456 e. The van der Waals surface area contributed by atoms with Crippen molar-refractivity contribution < 1.29 is 4.42 Å². The number of nitrogens with one attached hydrogen (secondary N) is 1. The van der Waals surface area contributed by atoms with Crippen molar-refractivity contribution >= 4 is 100 Å². The molecule has 3 aliphatic rings. The van der Waals surface area contributed by atoms with Gasteiger partial charge in [-0.2, -0.15) is 0 Å². The smallest absolute Gasteiger partial charge is 0.198 e. The number of furan rings is 1. The number of thiophene rings is 1. The lowest BCUT2D eigenvalue weighted by Crippen LogP contribution is -2.45. The van der Waals surface area contributed by atoms with E-state index in [1.54, 1.807) is 0 Å². The number of hydrogen-bond acceptors (Lipinski definition) is 4. The van der Waals surface area contributed by atoms with Crippen LogP contribution in [-0.4, -0.2) is 7.28 Å². The molecule has 0 unspecified atom stereocenters. The fourth-order valence-corrected chi connectivity index (χ4v) is 12.0. The first-order valence-corrected chi connectivity index (χ1v) is 21.7. The van der Waals surface area contributed by atoms with E-state index in [0.717, 1.165) is 40.6 Å². The molecule has 5 heteroatoms. The number of benzene rings is 7. The molecule has 58 heavy (non-hydrogen) atoms. The molecule has 1 N–H and O–H groups in total. The van der Waals surface area contributed by atoms with E-state index in [1.165, 1.54) is 94.4 Å². The van der Waals surface area contributed by atoms with E-state index < -0.39 is 0 Å². The van der Waals surface area contributed by atoms with Gasteiger partial charge in [0.2, 0.25) is 0 Å². The van der Waals surface area contributed by atoms with Gasteiger partial charge in [0, 0.05) is 64.7 Å². The summed E-state index contributed by atoms with van der Waals surface area (Å²) < 4.78 is 9.33. The maximum atomic E-state index is 6.73. The van der Waals surface area contributed by atoms with Crippen LogP contribution in [0.1, 0.15) is 76.6 Å². The van der Waals surface area contributed by atoms with Crippen molar-refractivity contribution in [2.75, 3.05) is 10.2 Å². The molecule has 4 heterocycles. The summed E-state index contributed by atoms with van der Waals surface area (Å²) in [6.45, 7) is 14.4. The number of fused-ring (bicyclic) bond motifs is 11. The first-order valence-electron chi connectivity index (χ1n) is 20.8. The number of hydrogen-bond donors (Lipinski definition) is 1. The van der Waals surface area contributed by atoms with Crippen LogP contribution < -0.4 is 21.1 Å². The fraction of sp³-hybridized carbons (Fsp3) is 0.208. The van der Waals surface area contributed by atoms with Gasteiger partial charge in [-0.15, -0.1) is 11.3 Å². The van der Waals surface area contributed by atoms with E-state index in [1.807, 2.05) is 11.3 Å². The van der Waals surface area contributed by atoms with E-state index in [0.29, 0.717) is 0 Å². The predicted molar refractivity (Wildman–Crippen MR) is 250 cm³/mol. The van der Waals surface area contributed by atoms with Crippen molar-refractivity contribution in [3.63, 3.8) is 0 Å². The summed E-state index contributed by atoms with van der Waals surface area (Å²) in [6, 6.07) is 47.8. The maximum Gasteiger partial charge on any atom is 0.198 e. The van der Waals surface area contributed by atoms with E-state index in [-0.39, 0.29) is 16.2 Å². The van der Waals surface area contributed by atoms with Crippen molar-refractivity contribution in [3.8, 4) is 11.1 Å². The van der Waals surface area contributed by atoms with Gasteiger partial charge in [0.15, 0.2) is 7.28 Å². The molecule has 282 valence electrons. The van der Waals surface area contributed by atoms with Crippen LogP contribution in [0, 0.1) is 0 Å². The normalized spacial score (nSPS) is 16.8. The minimum atomic E-state index is -0.122. The van der Waals surface area contributed by atoms with Gasteiger partial charge in [0.1, 0.15) is 11.2 Å². The molecule has 0 saturated heterocycles. The SMILES string of the molecule is CC1(C)CCC(C)(C)c2cc(Nc3cc4c(cc3-c3c5c(cc6sc7ccccc7c36)N3c6ccccc6C(C)(C)c6cccc(c63)B5)oc3ccccc34)ccc21. The van der Waals surface area contributed by atoms with Gasteiger partial charge in [-0.25, -0.2) is 0 Å². The third-order valence-electron chi connectivity index (χ3n) is 14.1. The van der Waals surface area contributed by atoms with E-state index in [4.69, 9.17) is 4.42 Å². The molecule has 3 nitrogen and oxygen atoms in total. The Bertz CT molecular complexity index is 3240. The quantitative estimate of drug-likeness (QED) is 0.182. The molecule has 2 aromatic heterocycles. The van der Waals surface area contributed by atoms with Crippen LogP contribution in [0.2, 0.25) is 0 Å². The van der Waals surface area contributed by atoms with Gasteiger partial charge >= 0.3 is 0 Å². The average molecular weight is 769 g/mol. The van der Waals surface area contributed by atoms with Crippen LogP contribution in [0.4, 0.5) is 28.4 Å². The molecule has 7 aromatic carbocycles. The lowest BCUT2D eigenvalue weighted by atomic mass is 9.55. The molecule has 1 aliphatic carbocycles. The molecular weight excluding hydrogens is 723 g/mol. The third-order valence-corrected chi connectivity index (χ3v) is 15.2. The van der Waals surface area contributed by atoms with Crippen LogP contribution in [0.15, 0.2) is 132 Å². The summed E-state index contributed by atoms with van der Waals surface area (Å²) >= 11 is 1.90. The van der Waals surface area contributed by atoms with Crippen LogP contribution in [0.5, 0.6) is 0 Å². The first kappa shape index (κ1) is 34.3. The lowest BCUT2D eigenvalue weighted by molar-refractivity contribution is 0.332. The molecule has 12 rings (SSSR count). The largest absolute Gasteiger partial charge is 0.456 e. The van der Waals surface area contributed by atoms with Crippen LogP contribution in [-0.2, 0) is 16.2 Å². The number of para-hydroxylation sites is 3. The molecule has 0 atom stereocenters. The second-order valence-electron chi connectivity index (χ2n) is 18.8. The minimum absolute atomic E-state index is 0.0991. The van der Waals surface area contributed by atoms with E-state index in [2.05, 4.69) is 179 Å². The molecule has 0 bridgehead atoms. The molecule has 0 radical (unpaired) electrons. The molecule has 2 aliphatic heterocycles. The Morgan fingerprint density at radius 1 is 0.603 bits per heavy atom. The Morgan fingerprint density at radius 3 is 2.21 bits per heavy atom. The summed E-state index contributed by atoms with van der Waals surface area (Å²) in [6.07, 6.45) is 2.37. The number of anilines is 5. The standard InChI is InChI=1S/C53H45BN2OS/c1-51(2)24-25-52(3,4)38-26-30(22-23-35(38)51)55-40-27-33-31-14-7-11-20-43(31)57-44(33)28-34(40)48-47-32-15-8-12-21-45(32)58-46(47)29-42-49(48)54-39-18-13-17-37-50(39)56(42)41-19-10-9-16-36(41)53(37,5)6/h7-23,26-29,54-55H,24-25H2,1-6H3. The first-order chi connectivity index (χ1) is 28.0. The Morgan fingerprint density at radius 2 is 1.34 bits per heavy atom.